The summed E-state index contributed by atoms with van der Waals surface area (Å²) in [5.41, 5.74) is 3.81. The molecule has 5 nitrogen and oxygen atoms in total. The molecule has 0 atom stereocenters. The van der Waals surface area contributed by atoms with Crippen LogP contribution in [0.15, 0.2) is 48.5 Å². The number of piperazine rings is 1. The van der Waals surface area contributed by atoms with Crippen molar-refractivity contribution in [3.63, 3.8) is 0 Å². The molecule has 1 saturated heterocycles. The maximum atomic E-state index is 12.6. The Hall–Kier alpha value is -2.82. The van der Waals surface area contributed by atoms with Gasteiger partial charge in [-0.1, -0.05) is 46.8 Å². The van der Waals surface area contributed by atoms with E-state index in [1.165, 1.54) is 5.56 Å². The minimum Gasteiger partial charge on any atom is -0.368 e. The van der Waals surface area contributed by atoms with Crippen LogP contribution in [0.3, 0.4) is 0 Å². The second kappa shape index (κ2) is 8.90. The Balaban J connectivity index is 1.57. The number of amides is 2. The first-order valence-electron chi connectivity index (χ1n) is 10.7. The molecule has 1 fully saturated rings. The van der Waals surface area contributed by atoms with Gasteiger partial charge >= 0.3 is 0 Å². The summed E-state index contributed by atoms with van der Waals surface area (Å²) in [5.74, 6) is 0.163. The van der Waals surface area contributed by atoms with Gasteiger partial charge in [0.1, 0.15) is 0 Å². The van der Waals surface area contributed by atoms with Crippen molar-refractivity contribution >= 4 is 23.2 Å². The third kappa shape index (κ3) is 5.21. The van der Waals surface area contributed by atoms with Crippen LogP contribution in [0, 0.1) is 5.92 Å². The molecule has 1 N–H and O–H groups in total. The minimum absolute atomic E-state index is 0.0455. The molecule has 3 rings (SSSR count). The zero-order valence-corrected chi connectivity index (χ0v) is 18.7. The lowest BCUT2D eigenvalue weighted by atomic mass is 9.87. The number of hydrogen-bond donors (Lipinski definition) is 1. The summed E-state index contributed by atoms with van der Waals surface area (Å²) in [4.78, 5) is 28.9. The van der Waals surface area contributed by atoms with E-state index in [4.69, 9.17) is 0 Å². The van der Waals surface area contributed by atoms with Gasteiger partial charge in [-0.25, -0.2) is 0 Å². The molecule has 0 aromatic heterocycles. The first kappa shape index (κ1) is 21.9. The molecular formula is C25H33N3O2. The lowest BCUT2D eigenvalue weighted by Crippen LogP contribution is -2.49. The fourth-order valence-corrected chi connectivity index (χ4v) is 3.63. The van der Waals surface area contributed by atoms with Gasteiger partial charge in [-0.3, -0.25) is 9.59 Å². The normalized spacial score (nSPS) is 14.7. The summed E-state index contributed by atoms with van der Waals surface area (Å²) in [6.07, 6.45) is 0. The number of nitrogens with zero attached hydrogens (tertiary/aromatic N) is 2. The van der Waals surface area contributed by atoms with E-state index in [0.29, 0.717) is 5.56 Å². The molecule has 0 radical (unpaired) electrons. The summed E-state index contributed by atoms with van der Waals surface area (Å²) < 4.78 is 0. The van der Waals surface area contributed by atoms with Crippen LogP contribution in [-0.2, 0) is 10.2 Å². The van der Waals surface area contributed by atoms with Gasteiger partial charge in [0, 0.05) is 49.0 Å². The Labute approximate surface area is 180 Å². The fraction of sp³-hybridized carbons (Fsp3) is 0.440. The molecule has 5 heteroatoms. The van der Waals surface area contributed by atoms with Crippen molar-refractivity contribution in [3.8, 4) is 0 Å². The first-order chi connectivity index (χ1) is 14.1. The molecule has 30 heavy (non-hydrogen) atoms. The fourth-order valence-electron chi connectivity index (χ4n) is 3.63. The van der Waals surface area contributed by atoms with Crippen molar-refractivity contribution in [1.29, 1.82) is 0 Å². The van der Waals surface area contributed by atoms with Crippen molar-refractivity contribution in [2.45, 2.75) is 40.0 Å². The van der Waals surface area contributed by atoms with E-state index in [2.05, 4.69) is 31.0 Å². The lowest BCUT2D eigenvalue weighted by Gasteiger charge is -2.37. The Bertz CT molecular complexity index is 872. The molecule has 0 spiro atoms. The zero-order chi connectivity index (χ0) is 21.9. The highest BCUT2D eigenvalue weighted by Gasteiger charge is 2.23. The maximum Gasteiger partial charge on any atom is 0.255 e. The highest BCUT2D eigenvalue weighted by molar-refractivity contribution is 6.04. The second-order valence-corrected chi connectivity index (χ2v) is 9.30. The molecule has 1 aliphatic heterocycles. The number of hydrogen-bond acceptors (Lipinski definition) is 3. The average Bonchev–Trinajstić information content (AvgIpc) is 2.73. The quantitative estimate of drug-likeness (QED) is 0.809. The van der Waals surface area contributed by atoms with Gasteiger partial charge in [0.2, 0.25) is 5.91 Å². The van der Waals surface area contributed by atoms with E-state index < -0.39 is 0 Å². The van der Waals surface area contributed by atoms with Crippen molar-refractivity contribution in [2.75, 3.05) is 36.4 Å². The summed E-state index contributed by atoms with van der Waals surface area (Å²) >= 11 is 0. The van der Waals surface area contributed by atoms with Gasteiger partial charge in [-0.2, -0.15) is 0 Å². The van der Waals surface area contributed by atoms with Crippen LogP contribution in [0.4, 0.5) is 11.4 Å². The van der Waals surface area contributed by atoms with Crippen molar-refractivity contribution in [2.24, 2.45) is 5.92 Å². The lowest BCUT2D eigenvalue weighted by molar-refractivity contribution is -0.134. The van der Waals surface area contributed by atoms with E-state index in [1.54, 1.807) is 0 Å². The number of benzene rings is 2. The highest BCUT2D eigenvalue weighted by Crippen LogP contribution is 2.23. The average molecular weight is 408 g/mol. The van der Waals surface area contributed by atoms with Gasteiger partial charge in [0.25, 0.3) is 5.91 Å². The first-order valence-corrected chi connectivity index (χ1v) is 10.7. The second-order valence-electron chi connectivity index (χ2n) is 9.30. The van der Waals surface area contributed by atoms with Gasteiger partial charge in [0.15, 0.2) is 0 Å². The van der Waals surface area contributed by atoms with Gasteiger partial charge in [0.05, 0.1) is 0 Å². The Morgan fingerprint density at radius 3 is 1.93 bits per heavy atom. The van der Waals surface area contributed by atoms with Crippen LogP contribution >= 0.6 is 0 Å². The number of anilines is 2. The molecule has 160 valence electrons. The van der Waals surface area contributed by atoms with Crippen molar-refractivity contribution < 1.29 is 9.59 Å². The number of carbonyl (C=O) groups is 2. The number of rotatable bonds is 4. The van der Waals surface area contributed by atoms with E-state index >= 15 is 0 Å². The van der Waals surface area contributed by atoms with E-state index in [0.717, 1.165) is 37.6 Å². The molecule has 0 unspecified atom stereocenters. The van der Waals surface area contributed by atoms with E-state index in [9.17, 15) is 9.59 Å². The Morgan fingerprint density at radius 2 is 1.43 bits per heavy atom. The van der Waals surface area contributed by atoms with Gasteiger partial charge in [-0.15, -0.1) is 0 Å². The summed E-state index contributed by atoms with van der Waals surface area (Å²) in [6, 6.07) is 15.7. The van der Waals surface area contributed by atoms with Gasteiger partial charge < -0.3 is 15.1 Å². The van der Waals surface area contributed by atoms with Crippen molar-refractivity contribution in [1.82, 2.24) is 4.90 Å². The molecule has 0 aliphatic carbocycles. The number of carbonyl (C=O) groups excluding carboxylic acids is 2. The standard InChI is InChI=1S/C25H33N3O2/c1-18(2)24(30)28-16-14-27(15-17-28)22-12-10-21(11-13-22)26-23(29)19-6-8-20(9-7-19)25(3,4)5/h6-13,18H,14-17H2,1-5H3,(H,26,29). The molecule has 2 aromatic rings. The topological polar surface area (TPSA) is 52.7 Å². The molecule has 0 bridgehead atoms. The van der Waals surface area contributed by atoms with Crippen LogP contribution in [-0.4, -0.2) is 42.9 Å². The predicted octanol–water partition coefficient (Wildman–Crippen LogP) is 4.54. The smallest absolute Gasteiger partial charge is 0.255 e. The SMILES string of the molecule is CC(C)C(=O)N1CCN(c2ccc(NC(=O)c3ccc(C(C)(C)C)cc3)cc2)CC1. The van der Waals surface area contributed by atoms with Crippen LogP contribution in [0.5, 0.6) is 0 Å². The molecular weight excluding hydrogens is 374 g/mol. The molecule has 1 aliphatic rings. The van der Waals surface area contributed by atoms with Crippen LogP contribution in [0.25, 0.3) is 0 Å². The summed E-state index contributed by atoms with van der Waals surface area (Å²) in [7, 11) is 0. The third-order valence-corrected chi connectivity index (χ3v) is 5.59. The predicted molar refractivity (Wildman–Crippen MR) is 123 cm³/mol. The maximum absolute atomic E-state index is 12.6. The summed E-state index contributed by atoms with van der Waals surface area (Å²) in [5, 5.41) is 2.97. The zero-order valence-electron chi connectivity index (χ0n) is 18.7. The summed E-state index contributed by atoms with van der Waals surface area (Å²) in [6.45, 7) is 13.5. The third-order valence-electron chi connectivity index (χ3n) is 5.59. The Kier molecular flexibility index (Phi) is 6.49. The van der Waals surface area contributed by atoms with Crippen LogP contribution in [0.1, 0.15) is 50.5 Å². The minimum atomic E-state index is -0.107. The molecule has 2 amide bonds. The van der Waals surface area contributed by atoms with Gasteiger partial charge in [-0.05, 0) is 47.4 Å². The molecule has 0 saturated carbocycles. The Morgan fingerprint density at radius 1 is 0.867 bits per heavy atom. The van der Waals surface area contributed by atoms with Crippen LogP contribution in [0.2, 0.25) is 0 Å². The largest absolute Gasteiger partial charge is 0.368 e. The number of nitrogens with one attached hydrogen (secondary N) is 1. The monoisotopic (exact) mass is 407 g/mol. The van der Waals surface area contributed by atoms with Crippen molar-refractivity contribution in [3.05, 3.63) is 59.7 Å². The van der Waals surface area contributed by atoms with E-state index in [1.807, 2.05) is 67.3 Å². The highest BCUT2D eigenvalue weighted by atomic mass is 16.2. The molecule has 1 heterocycles. The van der Waals surface area contributed by atoms with Crippen LogP contribution < -0.4 is 10.2 Å². The van der Waals surface area contributed by atoms with E-state index in [-0.39, 0.29) is 23.1 Å². The molecule has 2 aromatic carbocycles.